The molecule has 0 bridgehead atoms. The zero-order valence-electron chi connectivity index (χ0n) is 23.7. The van der Waals surface area contributed by atoms with E-state index >= 15 is 0 Å². The van der Waals surface area contributed by atoms with Crippen LogP contribution in [0.3, 0.4) is 0 Å². The second kappa shape index (κ2) is 10.0. The van der Waals surface area contributed by atoms with Crippen molar-refractivity contribution in [3.8, 4) is 5.69 Å². The van der Waals surface area contributed by atoms with E-state index < -0.39 is 0 Å². The molecule has 0 radical (unpaired) electrons. The Bertz CT molecular complexity index is 2360. The van der Waals surface area contributed by atoms with Crippen LogP contribution in [0.5, 0.6) is 0 Å². The van der Waals surface area contributed by atoms with Crippen molar-refractivity contribution in [2.75, 3.05) is 0 Å². The lowest BCUT2D eigenvalue weighted by Crippen LogP contribution is -2.36. The van der Waals surface area contributed by atoms with E-state index in [1.165, 1.54) is 42.0 Å². The Balaban J connectivity index is 1.23. The Hall–Kier alpha value is -5.52. The summed E-state index contributed by atoms with van der Waals surface area (Å²) in [5.41, 5.74) is 6.60. The number of aromatic nitrogens is 1. The first kappa shape index (κ1) is 25.0. The molecule has 0 saturated heterocycles. The fraction of sp³-hybridized carbons (Fsp3) is 0.0256. The first-order valence-corrected chi connectivity index (χ1v) is 15.6. The third-order valence-electron chi connectivity index (χ3n) is 8.43. The summed E-state index contributed by atoms with van der Waals surface area (Å²) in [5, 5.41) is 8.65. The quantitative estimate of drug-likeness (QED) is 0.221. The number of fused-ring (bicyclic) bond motifs is 6. The number of para-hydroxylation sites is 1. The lowest BCUT2D eigenvalue weighted by molar-refractivity contribution is 0.755. The molecule has 5 heteroatoms. The molecule has 6 aromatic carbocycles. The van der Waals surface area contributed by atoms with Gasteiger partial charge in [0.05, 0.1) is 11.0 Å². The maximum atomic E-state index is 5.12. The summed E-state index contributed by atoms with van der Waals surface area (Å²) < 4.78 is 5.01. The fourth-order valence-electron chi connectivity index (χ4n) is 6.37. The van der Waals surface area contributed by atoms with E-state index in [9.17, 15) is 0 Å². The highest BCUT2D eigenvalue weighted by Gasteiger charge is 2.22. The molecular formula is C39H26N4S. The van der Waals surface area contributed by atoms with Crippen LogP contribution in [-0.4, -0.2) is 16.2 Å². The zero-order chi connectivity index (χ0) is 29.0. The molecule has 8 aromatic rings. The van der Waals surface area contributed by atoms with Gasteiger partial charge in [-0.25, -0.2) is 9.98 Å². The van der Waals surface area contributed by atoms with Crippen molar-refractivity contribution in [1.29, 1.82) is 0 Å². The average Bonchev–Trinajstić information content (AvgIpc) is 3.62. The molecule has 1 N–H and O–H groups in total. The SMILES string of the molecule is c1ccc(C2=NC(c3cccc(-n4c5ccccc5c5cc6c(cc54)sc4ccccc46)c3)N=C(c3ccccc3)N2)cc1. The van der Waals surface area contributed by atoms with Gasteiger partial charge in [0, 0.05) is 53.3 Å². The molecule has 0 unspecified atom stereocenters. The van der Waals surface area contributed by atoms with E-state index in [0.29, 0.717) is 0 Å². The van der Waals surface area contributed by atoms with Crippen LogP contribution < -0.4 is 5.32 Å². The molecule has 0 spiro atoms. The standard InChI is InChI=1S/C39H26N4S/c1-3-12-25(13-4-1)37-40-38(26-14-5-2-6-15-26)42-39(41-37)27-16-11-17-28(22-27)43-33-20-9-7-18-29(33)31-23-32-30-19-8-10-21-35(30)44-36(32)24-34(31)43/h1-24,39H,(H,40,41,42). The molecule has 2 aromatic heterocycles. The van der Waals surface area contributed by atoms with Crippen molar-refractivity contribution in [1.82, 2.24) is 9.88 Å². The van der Waals surface area contributed by atoms with Gasteiger partial charge in [-0.1, -0.05) is 109 Å². The largest absolute Gasteiger partial charge is 0.324 e. The zero-order valence-corrected chi connectivity index (χ0v) is 24.5. The van der Waals surface area contributed by atoms with Gasteiger partial charge >= 0.3 is 0 Å². The predicted octanol–water partition coefficient (Wildman–Crippen LogP) is 9.65. The highest BCUT2D eigenvalue weighted by molar-refractivity contribution is 7.25. The van der Waals surface area contributed by atoms with Crippen LogP contribution in [0.1, 0.15) is 22.9 Å². The number of benzene rings is 6. The number of rotatable bonds is 4. The number of thiophene rings is 1. The van der Waals surface area contributed by atoms with Crippen LogP contribution >= 0.6 is 11.3 Å². The van der Waals surface area contributed by atoms with Gasteiger partial charge in [0.15, 0.2) is 6.17 Å². The van der Waals surface area contributed by atoms with Gasteiger partial charge in [0.2, 0.25) is 0 Å². The van der Waals surface area contributed by atoms with E-state index in [1.54, 1.807) is 0 Å². The lowest BCUT2D eigenvalue weighted by atomic mass is 10.1. The van der Waals surface area contributed by atoms with Gasteiger partial charge in [-0.15, -0.1) is 11.3 Å². The topological polar surface area (TPSA) is 41.7 Å². The third kappa shape index (κ3) is 4.05. The molecule has 0 saturated carbocycles. The fourth-order valence-corrected chi connectivity index (χ4v) is 7.50. The van der Waals surface area contributed by atoms with Gasteiger partial charge in [-0.3, -0.25) is 0 Å². The second-order valence-electron chi connectivity index (χ2n) is 11.1. The van der Waals surface area contributed by atoms with Gasteiger partial charge in [0.25, 0.3) is 0 Å². The molecule has 0 atom stereocenters. The molecule has 3 heterocycles. The number of nitrogens with one attached hydrogen (secondary N) is 1. The number of amidine groups is 2. The van der Waals surface area contributed by atoms with Crippen molar-refractivity contribution in [2.24, 2.45) is 9.98 Å². The van der Waals surface area contributed by atoms with E-state index in [-0.39, 0.29) is 6.17 Å². The van der Waals surface area contributed by atoms with Crippen molar-refractivity contribution in [3.63, 3.8) is 0 Å². The van der Waals surface area contributed by atoms with Gasteiger partial charge in [-0.2, -0.15) is 0 Å². The van der Waals surface area contributed by atoms with Crippen molar-refractivity contribution < 1.29 is 0 Å². The third-order valence-corrected chi connectivity index (χ3v) is 9.57. The number of hydrogen-bond acceptors (Lipinski definition) is 4. The molecule has 1 aliphatic rings. The summed E-state index contributed by atoms with van der Waals surface area (Å²) >= 11 is 1.86. The average molecular weight is 583 g/mol. The van der Waals surface area contributed by atoms with Crippen molar-refractivity contribution in [2.45, 2.75) is 6.17 Å². The van der Waals surface area contributed by atoms with Gasteiger partial charge in [-0.05, 0) is 36.4 Å². The number of hydrogen-bond donors (Lipinski definition) is 1. The van der Waals surface area contributed by atoms with Crippen molar-refractivity contribution in [3.05, 3.63) is 162 Å². The minimum atomic E-state index is -0.385. The molecule has 0 aliphatic carbocycles. The molecule has 1 aliphatic heterocycles. The maximum absolute atomic E-state index is 5.12. The lowest BCUT2D eigenvalue weighted by Gasteiger charge is -2.22. The van der Waals surface area contributed by atoms with Crippen LogP contribution in [0, 0.1) is 0 Å². The van der Waals surface area contributed by atoms with E-state index in [1.807, 2.05) is 47.7 Å². The Morgan fingerprint density at radius 3 is 1.91 bits per heavy atom. The van der Waals surface area contributed by atoms with Gasteiger partial charge in [0.1, 0.15) is 11.7 Å². The summed E-state index contributed by atoms with van der Waals surface area (Å²) in [6, 6.07) is 51.4. The smallest absolute Gasteiger partial charge is 0.169 e. The first-order valence-electron chi connectivity index (χ1n) is 14.8. The van der Waals surface area contributed by atoms with E-state index in [2.05, 4.69) is 119 Å². The number of nitrogens with zero attached hydrogens (tertiary/aromatic N) is 3. The van der Waals surface area contributed by atoms with Crippen LogP contribution in [0.2, 0.25) is 0 Å². The normalized spacial score (nSPS) is 13.8. The van der Waals surface area contributed by atoms with Gasteiger partial charge < -0.3 is 9.88 Å². The Morgan fingerprint density at radius 1 is 0.500 bits per heavy atom. The Labute approximate surface area is 258 Å². The maximum Gasteiger partial charge on any atom is 0.169 e. The highest BCUT2D eigenvalue weighted by Crippen LogP contribution is 2.40. The van der Waals surface area contributed by atoms with Crippen molar-refractivity contribution >= 4 is 65.0 Å². The summed E-state index contributed by atoms with van der Waals surface area (Å²) in [7, 11) is 0. The summed E-state index contributed by atoms with van der Waals surface area (Å²) in [4.78, 5) is 10.2. The second-order valence-corrected chi connectivity index (χ2v) is 12.2. The minimum absolute atomic E-state index is 0.385. The Morgan fingerprint density at radius 2 is 1.16 bits per heavy atom. The molecule has 0 amide bonds. The molecule has 44 heavy (non-hydrogen) atoms. The first-order chi connectivity index (χ1) is 21.8. The Kier molecular flexibility index (Phi) is 5.71. The minimum Gasteiger partial charge on any atom is -0.324 e. The molecule has 208 valence electrons. The molecule has 0 fully saturated rings. The van der Waals surface area contributed by atoms with Crippen LogP contribution in [-0.2, 0) is 0 Å². The van der Waals surface area contributed by atoms with Crippen LogP contribution in [0.25, 0.3) is 47.7 Å². The molecular weight excluding hydrogens is 557 g/mol. The summed E-state index contributed by atoms with van der Waals surface area (Å²) in [6.07, 6.45) is -0.385. The van der Waals surface area contributed by atoms with E-state index in [0.717, 1.165) is 34.0 Å². The molecule has 9 rings (SSSR count). The highest BCUT2D eigenvalue weighted by atomic mass is 32.1. The summed E-state index contributed by atoms with van der Waals surface area (Å²) in [5.74, 6) is 1.64. The van der Waals surface area contributed by atoms with Crippen LogP contribution in [0.15, 0.2) is 156 Å². The van der Waals surface area contributed by atoms with Crippen LogP contribution in [0.4, 0.5) is 0 Å². The summed E-state index contributed by atoms with van der Waals surface area (Å²) in [6.45, 7) is 0. The monoisotopic (exact) mass is 582 g/mol. The predicted molar refractivity (Wildman–Crippen MR) is 186 cm³/mol. The molecule has 4 nitrogen and oxygen atoms in total. The number of aliphatic imine (C=N–C) groups is 2. The van der Waals surface area contributed by atoms with E-state index in [4.69, 9.17) is 9.98 Å².